The van der Waals surface area contributed by atoms with Gasteiger partial charge in [-0.3, -0.25) is 5.43 Å². The molecule has 1 heterocycles. The second-order valence-corrected chi connectivity index (χ2v) is 7.67. The van der Waals surface area contributed by atoms with E-state index in [1.54, 1.807) is 19.2 Å². The summed E-state index contributed by atoms with van der Waals surface area (Å²) in [5.41, 5.74) is 12.8. The third-order valence-corrected chi connectivity index (χ3v) is 5.00. The summed E-state index contributed by atoms with van der Waals surface area (Å²) in [5, 5.41) is 15.0. The van der Waals surface area contributed by atoms with E-state index in [1.807, 2.05) is 34.6 Å². The first kappa shape index (κ1) is 28.2. The third kappa shape index (κ3) is 9.27. The lowest BCUT2D eigenvalue weighted by Gasteiger charge is -2.11. The van der Waals surface area contributed by atoms with Crippen LogP contribution >= 0.6 is 24.4 Å². The van der Waals surface area contributed by atoms with Crippen LogP contribution in [0.3, 0.4) is 0 Å². The standard InChI is InChI=1S/C20H27FN6S.C3H7NS/c1-6-23-20(28)26-24-14(3)19(25-22-5)18-11-13(2)27(15(18)4)12-16-7-9-17(21)10-8-16;1-2-4-3-5/h7-11,22H,6,12H2,1-5H3,(H2,23,26,28);3H,2H2,1H3,(H,4,5)/b24-14+,25-19-;. The van der Waals surface area contributed by atoms with Gasteiger partial charge in [-0.05, 0) is 70.6 Å². The van der Waals surface area contributed by atoms with E-state index in [9.17, 15) is 4.39 Å². The fraction of sp³-hybridized carbons (Fsp3) is 0.391. The van der Waals surface area contributed by atoms with Gasteiger partial charge in [-0.1, -0.05) is 24.4 Å². The maximum atomic E-state index is 13.2. The van der Waals surface area contributed by atoms with Crippen molar-refractivity contribution in [2.45, 2.75) is 41.2 Å². The van der Waals surface area contributed by atoms with E-state index >= 15 is 0 Å². The van der Waals surface area contributed by atoms with Crippen LogP contribution in [0.25, 0.3) is 0 Å². The second-order valence-electron chi connectivity index (χ2n) is 7.03. The van der Waals surface area contributed by atoms with Crippen LogP contribution in [0.5, 0.6) is 0 Å². The van der Waals surface area contributed by atoms with E-state index in [4.69, 9.17) is 12.2 Å². The molecule has 0 atom stereocenters. The predicted molar refractivity (Wildman–Crippen MR) is 145 cm³/mol. The van der Waals surface area contributed by atoms with Gasteiger partial charge >= 0.3 is 0 Å². The Morgan fingerprint density at radius 2 is 1.79 bits per heavy atom. The molecule has 2 aromatic rings. The average Bonchev–Trinajstić information content (AvgIpc) is 3.06. The van der Waals surface area contributed by atoms with Gasteiger partial charge in [0.25, 0.3) is 0 Å². The smallest absolute Gasteiger partial charge is 0.186 e. The molecular weight excluding hydrogens is 457 g/mol. The van der Waals surface area contributed by atoms with Gasteiger partial charge in [-0.2, -0.15) is 10.2 Å². The molecule has 0 aliphatic rings. The third-order valence-electron chi connectivity index (χ3n) is 4.60. The number of hydrazone groups is 2. The Bertz CT molecular complexity index is 966. The Labute approximate surface area is 206 Å². The molecule has 33 heavy (non-hydrogen) atoms. The molecule has 0 saturated carbocycles. The highest BCUT2D eigenvalue weighted by atomic mass is 32.1. The molecule has 0 radical (unpaired) electrons. The first-order valence-electron chi connectivity index (χ1n) is 10.7. The van der Waals surface area contributed by atoms with Crippen LogP contribution in [0.2, 0.25) is 0 Å². The van der Waals surface area contributed by atoms with Crippen LogP contribution < -0.4 is 21.5 Å². The van der Waals surface area contributed by atoms with Crippen molar-refractivity contribution in [2.24, 2.45) is 10.2 Å². The van der Waals surface area contributed by atoms with Crippen LogP contribution in [-0.2, 0) is 6.54 Å². The molecule has 0 aliphatic carbocycles. The van der Waals surface area contributed by atoms with Gasteiger partial charge in [-0.15, -0.1) is 0 Å². The van der Waals surface area contributed by atoms with E-state index in [-0.39, 0.29) is 5.82 Å². The molecule has 4 N–H and O–H groups in total. The highest BCUT2D eigenvalue weighted by Crippen LogP contribution is 2.19. The summed E-state index contributed by atoms with van der Waals surface area (Å²) in [6.07, 6.45) is 0. The Morgan fingerprint density at radius 3 is 2.30 bits per heavy atom. The number of aromatic nitrogens is 1. The van der Waals surface area contributed by atoms with Crippen molar-refractivity contribution in [3.8, 4) is 0 Å². The van der Waals surface area contributed by atoms with Crippen molar-refractivity contribution < 1.29 is 4.39 Å². The molecule has 0 bridgehead atoms. The first-order valence-corrected chi connectivity index (χ1v) is 11.6. The fourth-order valence-electron chi connectivity index (χ4n) is 2.98. The van der Waals surface area contributed by atoms with Gasteiger partial charge in [0.15, 0.2) is 5.11 Å². The minimum atomic E-state index is -0.233. The van der Waals surface area contributed by atoms with Crippen LogP contribution in [-0.4, -0.2) is 46.7 Å². The van der Waals surface area contributed by atoms with E-state index in [0.717, 1.165) is 41.3 Å². The molecular formula is C23H34FN7S2. The van der Waals surface area contributed by atoms with Crippen molar-refractivity contribution in [3.63, 3.8) is 0 Å². The zero-order valence-corrected chi connectivity index (χ0v) is 21.8. The first-order chi connectivity index (χ1) is 15.8. The molecule has 10 heteroatoms. The Kier molecular flexibility index (Phi) is 12.9. The number of nitrogens with one attached hydrogen (secondary N) is 4. The summed E-state index contributed by atoms with van der Waals surface area (Å²) in [6.45, 7) is 12.2. The normalized spacial score (nSPS) is 11.2. The maximum Gasteiger partial charge on any atom is 0.186 e. The number of nitrogens with zero attached hydrogens (tertiary/aromatic N) is 3. The van der Waals surface area contributed by atoms with Crippen molar-refractivity contribution in [3.05, 3.63) is 58.7 Å². The summed E-state index contributed by atoms with van der Waals surface area (Å²) >= 11 is 9.57. The molecule has 0 aliphatic heterocycles. The zero-order valence-electron chi connectivity index (χ0n) is 20.1. The summed E-state index contributed by atoms with van der Waals surface area (Å²) in [5.74, 6) is -0.233. The highest BCUT2D eigenvalue weighted by molar-refractivity contribution is 7.80. The molecule has 180 valence electrons. The average molecular weight is 492 g/mol. The SMILES string of the molecule is CCNC(=S)N/N=C(C)/C(=N/NC)c1cc(C)n(Cc2ccc(F)cc2)c1C.CCNC=S. The van der Waals surface area contributed by atoms with E-state index < -0.39 is 0 Å². The maximum absolute atomic E-state index is 13.2. The predicted octanol–water partition coefficient (Wildman–Crippen LogP) is 3.63. The quantitative estimate of drug-likeness (QED) is 0.244. The molecule has 7 nitrogen and oxygen atoms in total. The second kappa shape index (κ2) is 15.1. The van der Waals surface area contributed by atoms with Gasteiger partial charge in [0.05, 0.1) is 11.2 Å². The molecule has 0 fully saturated rings. The molecule has 0 unspecified atom stereocenters. The lowest BCUT2D eigenvalue weighted by molar-refractivity contribution is 0.626. The lowest BCUT2D eigenvalue weighted by Crippen LogP contribution is -2.33. The molecule has 1 aromatic heterocycles. The lowest BCUT2D eigenvalue weighted by atomic mass is 10.1. The number of thiocarbonyl (C=S) groups is 2. The Balaban J connectivity index is 0.000000981. The van der Waals surface area contributed by atoms with E-state index in [2.05, 4.69) is 54.5 Å². The van der Waals surface area contributed by atoms with Crippen molar-refractivity contribution in [2.75, 3.05) is 20.1 Å². The Morgan fingerprint density at radius 1 is 1.12 bits per heavy atom. The highest BCUT2D eigenvalue weighted by Gasteiger charge is 2.17. The van der Waals surface area contributed by atoms with Crippen molar-refractivity contribution in [1.82, 2.24) is 26.1 Å². The summed E-state index contributed by atoms with van der Waals surface area (Å²) in [7, 11) is 1.75. The van der Waals surface area contributed by atoms with Crippen LogP contribution in [0, 0.1) is 19.7 Å². The number of hydrogen-bond acceptors (Lipinski definition) is 5. The van der Waals surface area contributed by atoms with Crippen molar-refractivity contribution in [1.29, 1.82) is 0 Å². The van der Waals surface area contributed by atoms with Crippen LogP contribution in [0.4, 0.5) is 4.39 Å². The fourth-order valence-corrected chi connectivity index (χ4v) is 3.33. The number of aryl methyl sites for hydroxylation is 1. The number of halogens is 1. The van der Waals surface area contributed by atoms with Crippen molar-refractivity contribution >= 4 is 46.5 Å². The number of benzene rings is 1. The molecule has 1 aromatic carbocycles. The molecule has 0 amide bonds. The zero-order chi connectivity index (χ0) is 24.8. The monoisotopic (exact) mass is 491 g/mol. The van der Waals surface area contributed by atoms with E-state index in [1.165, 1.54) is 17.6 Å². The minimum Gasteiger partial charge on any atom is -0.382 e. The van der Waals surface area contributed by atoms with Gasteiger partial charge in [-0.25, -0.2) is 4.39 Å². The summed E-state index contributed by atoms with van der Waals surface area (Å²) < 4.78 is 15.4. The summed E-state index contributed by atoms with van der Waals surface area (Å²) in [4.78, 5) is 0. The number of rotatable bonds is 9. The van der Waals surface area contributed by atoms with Gasteiger partial charge in [0.2, 0.25) is 0 Å². The molecule has 2 rings (SSSR count). The van der Waals surface area contributed by atoms with Gasteiger partial charge < -0.3 is 20.6 Å². The minimum absolute atomic E-state index is 0.233. The van der Waals surface area contributed by atoms with E-state index in [0.29, 0.717) is 17.4 Å². The molecule has 0 saturated heterocycles. The molecule has 0 spiro atoms. The topological polar surface area (TPSA) is 77.8 Å². The number of hydrogen-bond donors (Lipinski definition) is 4. The summed E-state index contributed by atoms with van der Waals surface area (Å²) in [6, 6.07) is 8.64. The van der Waals surface area contributed by atoms with Gasteiger partial charge in [0.1, 0.15) is 11.5 Å². The van der Waals surface area contributed by atoms with Crippen LogP contribution in [0.15, 0.2) is 40.5 Å². The Hall–Kier alpha value is -2.85. The largest absolute Gasteiger partial charge is 0.382 e. The van der Waals surface area contributed by atoms with Gasteiger partial charge in [0, 0.05) is 43.6 Å². The van der Waals surface area contributed by atoms with Crippen LogP contribution in [0.1, 0.15) is 43.3 Å².